The van der Waals surface area contributed by atoms with Gasteiger partial charge in [0.05, 0.1) is 4.47 Å². The van der Waals surface area contributed by atoms with Crippen LogP contribution < -0.4 is 0 Å². The maximum absolute atomic E-state index is 11.4. The van der Waals surface area contributed by atoms with Crippen molar-refractivity contribution in [1.82, 2.24) is 9.88 Å². The van der Waals surface area contributed by atoms with Gasteiger partial charge in [0.2, 0.25) is 0 Å². The molecule has 106 valence electrons. The Kier molecular flexibility index (Phi) is 4.05. The van der Waals surface area contributed by atoms with E-state index in [1.54, 1.807) is 6.20 Å². The molecule has 1 N–H and O–H groups in total. The van der Waals surface area contributed by atoms with Crippen LogP contribution in [0.2, 0.25) is 0 Å². The minimum Gasteiger partial charge on any atom is -0.505 e. The molecular weight excluding hydrogens is 340 g/mol. The van der Waals surface area contributed by atoms with Crippen molar-refractivity contribution in [3.8, 4) is 5.75 Å². The Hall–Kier alpha value is -0.980. The molecule has 1 aromatic heterocycles. The van der Waals surface area contributed by atoms with Gasteiger partial charge < -0.3 is 5.11 Å². The van der Waals surface area contributed by atoms with Crippen molar-refractivity contribution in [3.63, 3.8) is 0 Å². The maximum Gasteiger partial charge on any atom is 0.156 e. The Labute approximate surface area is 128 Å². The smallest absolute Gasteiger partial charge is 0.156 e. The van der Waals surface area contributed by atoms with E-state index in [2.05, 4.69) is 25.8 Å². The Bertz CT molecular complexity index is 668. The Balaban J connectivity index is 1.95. The van der Waals surface area contributed by atoms with E-state index < -0.39 is 10.8 Å². The van der Waals surface area contributed by atoms with E-state index in [1.807, 2.05) is 18.2 Å². The predicted molar refractivity (Wildman–Crippen MR) is 84.3 cm³/mol. The first-order valence-electron chi connectivity index (χ1n) is 6.47. The van der Waals surface area contributed by atoms with Crippen LogP contribution in [0.5, 0.6) is 5.75 Å². The van der Waals surface area contributed by atoms with E-state index >= 15 is 0 Å². The highest BCUT2D eigenvalue weighted by atomic mass is 79.9. The zero-order valence-electron chi connectivity index (χ0n) is 10.9. The zero-order valence-corrected chi connectivity index (χ0v) is 13.3. The van der Waals surface area contributed by atoms with Crippen molar-refractivity contribution < 1.29 is 9.32 Å². The topological polar surface area (TPSA) is 53.4 Å². The van der Waals surface area contributed by atoms with Gasteiger partial charge in [-0.15, -0.1) is 0 Å². The molecule has 20 heavy (non-hydrogen) atoms. The predicted octanol–water partition coefficient (Wildman–Crippen LogP) is 2.27. The van der Waals surface area contributed by atoms with Gasteiger partial charge in [-0.1, -0.05) is 6.07 Å². The summed E-state index contributed by atoms with van der Waals surface area (Å²) in [5.74, 6) is 1.68. The Morgan fingerprint density at radius 2 is 2.15 bits per heavy atom. The van der Waals surface area contributed by atoms with E-state index in [-0.39, 0.29) is 5.75 Å². The van der Waals surface area contributed by atoms with Crippen molar-refractivity contribution in [2.45, 2.75) is 6.54 Å². The first kappa shape index (κ1) is 14.0. The lowest BCUT2D eigenvalue weighted by Crippen LogP contribution is -2.37. The van der Waals surface area contributed by atoms with Crippen LogP contribution in [0.3, 0.4) is 0 Å². The quantitative estimate of drug-likeness (QED) is 0.898. The van der Waals surface area contributed by atoms with Gasteiger partial charge in [-0.2, -0.15) is 0 Å². The van der Waals surface area contributed by atoms with Crippen LogP contribution in [0.15, 0.2) is 28.9 Å². The third-order valence-corrected chi connectivity index (χ3v) is 5.45. The van der Waals surface area contributed by atoms with Gasteiger partial charge in [0, 0.05) is 53.5 Å². The molecule has 6 heteroatoms. The number of pyridine rings is 1. The summed E-state index contributed by atoms with van der Waals surface area (Å²) in [4.78, 5) is 6.56. The number of aromatic hydroxyl groups is 1. The number of fused-ring (bicyclic) bond motifs is 1. The van der Waals surface area contributed by atoms with Crippen molar-refractivity contribution in [2.24, 2.45) is 0 Å². The molecule has 3 rings (SSSR count). The van der Waals surface area contributed by atoms with Crippen LogP contribution >= 0.6 is 15.9 Å². The van der Waals surface area contributed by atoms with E-state index in [0.29, 0.717) is 9.99 Å². The Morgan fingerprint density at radius 3 is 2.90 bits per heavy atom. The lowest BCUT2D eigenvalue weighted by molar-refractivity contribution is 0.292. The van der Waals surface area contributed by atoms with Gasteiger partial charge in [0.25, 0.3) is 0 Å². The average Bonchev–Trinajstić information content (AvgIpc) is 2.47. The number of nitrogens with zero attached hydrogens (tertiary/aromatic N) is 2. The molecule has 1 aliphatic heterocycles. The fourth-order valence-corrected chi connectivity index (χ4v) is 4.06. The summed E-state index contributed by atoms with van der Waals surface area (Å²) in [7, 11) is -0.657. The molecule has 0 bridgehead atoms. The van der Waals surface area contributed by atoms with Crippen LogP contribution in [0.4, 0.5) is 0 Å². The van der Waals surface area contributed by atoms with Crippen LogP contribution in [0.1, 0.15) is 5.56 Å². The fourth-order valence-electron chi connectivity index (χ4n) is 2.47. The second kappa shape index (κ2) is 5.79. The minimum atomic E-state index is -0.657. The molecule has 1 saturated heterocycles. The average molecular weight is 355 g/mol. The number of phenols is 1. The second-order valence-electron chi connectivity index (χ2n) is 4.89. The largest absolute Gasteiger partial charge is 0.505 e. The van der Waals surface area contributed by atoms with E-state index in [4.69, 9.17) is 0 Å². The zero-order chi connectivity index (χ0) is 14.1. The molecule has 0 amide bonds. The lowest BCUT2D eigenvalue weighted by Gasteiger charge is -2.26. The molecule has 0 radical (unpaired) electrons. The fraction of sp³-hybridized carbons (Fsp3) is 0.357. The van der Waals surface area contributed by atoms with E-state index in [1.165, 1.54) is 0 Å². The number of benzene rings is 1. The number of phenolic OH excluding ortho intramolecular Hbond substituents is 1. The van der Waals surface area contributed by atoms with Gasteiger partial charge in [-0.3, -0.25) is 14.1 Å². The van der Waals surface area contributed by atoms with Gasteiger partial charge >= 0.3 is 0 Å². The number of hydrogen-bond donors (Lipinski definition) is 1. The van der Waals surface area contributed by atoms with Gasteiger partial charge in [-0.25, -0.2) is 0 Å². The molecular formula is C14H15BrN2O2S. The summed E-state index contributed by atoms with van der Waals surface area (Å²) in [5.41, 5.74) is 1.75. The Morgan fingerprint density at radius 1 is 1.40 bits per heavy atom. The summed E-state index contributed by atoms with van der Waals surface area (Å²) in [6.45, 7) is 2.50. The summed E-state index contributed by atoms with van der Waals surface area (Å²) >= 11 is 3.38. The number of halogens is 1. The minimum absolute atomic E-state index is 0.184. The van der Waals surface area contributed by atoms with Gasteiger partial charge in [-0.05, 0) is 33.6 Å². The molecule has 2 aromatic rings. The molecule has 0 atom stereocenters. The van der Waals surface area contributed by atoms with E-state index in [0.717, 1.165) is 42.1 Å². The molecule has 4 nitrogen and oxygen atoms in total. The van der Waals surface area contributed by atoms with Gasteiger partial charge in [0.1, 0.15) is 5.52 Å². The first-order valence-corrected chi connectivity index (χ1v) is 8.75. The van der Waals surface area contributed by atoms with Crippen LogP contribution in [0.25, 0.3) is 10.9 Å². The van der Waals surface area contributed by atoms with Crippen LogP contribution in [0, 0.1) is 0 Å². The molecule has 0 spiro atoms. The highest BCUT2D eigenvalue weighted by Crippen LogP contribution is 2.34. The van der Waals surface area contributed by atoms with Crippen molar-refractivity contribution in [3.05, 3.63) is 34.4 Å². The third-order valence-electron chi connectivity index (χ3n) is 3.57. The molecule has 0 saturated carbocycles. The second-order valence-corrected chi connectivity index (χ2v) is 7.44. The highest BCUT2D eigenvalue weighted by Gasteiger charge is 2.17. The van der Waals surface area contributed by atoms with Crippen LogP contribution in [-0.4, -0.2) is 43.8 Å². The summed E-state index contributed by atoms with van der Waals surface area (Å²) in [6, 6.07) is 5.81. The number of rotatable bonds is 2. The summed E-state index contributed by atoms with van der Waals surface area (Å²) in [5, 5.41) is 11.0. The SMILES string of the molecule is O=S1CCN(Cc2cc(Br)c(O)c3ncccc23)CC1. The number of aromatic nitrogens is 1. The normalized spacial score (nSPS) is 17.6. The monoisotopic (exact) mass is 354 g/mol. The van der Waals surface area contributed by atoms with Crippen molar-refractivity contribution in [1.29, 1.82) is 0 Å². The van der Waals surface area contributed by atoms with Gasteiger partial charge in [0.15, 0.2) is 5.75 Å². The van der Waals surface area contributed by atoms with E-state index in [9.17, 15) is 9.32 Å². The standard InChI is InChI=1S/C14H15BrN2O2S/c15-12-8-10(9-17-4-6-20(19)7-5-17)11-2-1-3-16-13(11)14(12)18/h1-3,8,18H,4-7,9H2. The molecule has 0 unspecified atom stereocenters. The van der Waals surface area contributed by atoms with Crippen LogP contribution in [-0.2, 0) is 17.3 Å². The molecule has 0 aliphatic carbocycles. The van der Waals surface area contributed by atoms with Crippen molar-refractivity contribution in [2.75, 3.05) is 24.6 Å². The maximum atomic E-state index is 11.4. The molecule has 2 heterocycles. The third kappa shape index (κ3) is 2.73. The van der Waals surface area contributed by atoms with Crippen molar-refractivity contribution >= 4 is 37.6 Å². The first-order chi connectivity index (χ1) is 9.65. The summed E-state index contributed by atoms with van der Waals surface area (Å²) in [6.07, 6.45) is 1.68. The molecule has 1 aliphatic rings. The molecule has 1 aromatic carbocycles. The number of hydrogen-bond acceptors (Lipinski definition) is 4. The lowest BCUT2D eigenvalue weighted by atomic mass is 10.1. The highest BCUT2D eigenvalue weighted by molar-refractivity contribution is 9.10. The molecule has 1 fully saturated rings. The summed E-state index contributed by atoms with van der Waals surface area (Å²) < 4.78 is 12.1.